The highest BCUT2D eigenvalue weighted by molar-refractivity contribution is 7.16. The van der Waals surface area contributed by atoms with Crippen LogP contribution in [-0.2, 0) is 12.6 Å². The lowest BCUT2D eigenvalue weighted by atomic mass is 10.0. The average molecular weight is 306 g/mol. The van der Waals surface area contributed by atoms with Crippen molar-refractivity contribution in [2.75, 3.05) is 0 Å². The summed E-state index contributed by atoms with van der Waals surface area (Å²) in [5.41, 5.74) is 5.74. The molecule has 1 unspecified atom stereocenters. The number of rotatable bonds is 3. The van der Waals surface area contributed by atoms with Gasteiger partial charge in [-0.05, 0) is 29.8 Å². The quantitative estimate of drug-likeness (QED) is 0.876. The monoisotopic (exact) mass is 305 g/mol. The maximum atomic E-state index is 12.6. The molecule has 2 aromatic rings. The predicted molar refractivity (Wildman–Crippen MR) is 71.4 cm³/mol. The van der Waals surface area contributed by atoms with Crippen LogP contribution in [0, 0.1) is 0 Å². The van der Waals surface area contributed by atoms with Crippen molar-refractivity contribution in [3.8, 4) is 0 Å². The molecule has 6 heteroatoms. The number of thiophene rings is 1. The van der Waals surface area contributed by atoms with Gasteiger partial charge >= 0.3 is 6.18 Å². The van der Waals surface area contributed by atoms with Gasteiger partial charge in [0.1, 0.15) is 0 Å². The summed E-state index contributed by atoms with van der Waals surface area (Å²) in [7, 11) is 0. The summed E-state index contributed by atoms with van der Waals surface area (Å²) in [6.45, 7) is 0. The molecule has 102 valence electrons. The zero-order valence-corrected chi connectivity index (χ0v) is 11.3. The van der Waals surface area contributed by atoms with E-state index in [1.165, 1.54) is 17.4 Å². The lowest BCUT2D eigenvalue weighted by molar-refractivity contribution is -0.137. The van der Waals surface area contributed by atoms with Crippen LogP contribution in [0.1, 0.15) is 22.0 Å². The SMILES string of the molecule is NC(Cc1ccc(Cl)s1)c1cccc(C(F)(F)F)c1. The molecular weight excluding hydrogens is 295 g/mol. The van der Waals surface area contributed by atoms with Gasteiger partial charge in [0.2, 0.25) is 0 Å². The van der Waals surface area contributed by atoms with E-state index in [1.54, 1.807) is 12.1 Å². The first-order valence-electron chi connectivity index (χ1n) is 5.53. The largest absolute Gasteiger partial charge is 0.416 e. The number of alkyl halides is 3. The zero-order chi connectivity index (χ0) is 14.0. The Morgan fingerprint density at radius 3 is 2.53 bits per heavy atom. The summed E-state index contributed by atoms with van der Waals surface area (Å²) >= 11 is 7.19. The number of nitrogens with two attached hydrogens (primary N) is 1. The van der Waals surface area contributed by atoms with Crippen LogP contribution in [0.5, 0.6) is 0 Å². The Bertz CT molecular complexity index is 565. The van der Waals surface area contributed by atoms with E-state index in [0.717, 1.165) is 17.0 Å². The maximum absolute atomic E-state index is 12.6. The van der Waals surface area contributed by atoms with Crippen LogP contribution in [0.25, 0.3) is 0 Å². The zero-order valence-electron chi connectivity index (χ0n) is 9.75. The molecule has 0 bridgehead atoms. The van der Waals surface area contributed by atoms with Gasteiger partial charge in [-0.25, -0.2) is 0 Å². The molecule has 0 radical (unpaired) electrons. The molecule has 19 heavy (non-hydrogen) atoms. The molecule has 0 spiro atoms. The third-order valence-corrected chi connectivity index (χ3v) is 3.95. The van der Waals surface area contributed by atoms with E-state index >= 15 is 0 Å². The second kappa shape index (κ2) is 5.53. The van der Waals surface area contributed by atoms with Crippen molar-refractivity contribution in [2.45, 2.75) is 18.6 Å². The minimum atomic E-state index is -4.35. The Hall–Kier alpha value is -1.04. The molecule has 1 aromatic carbocycles. The van der Waals surface area contributed by atoms with E-state index in [1.807, 2.05) is 6.07 Å². The molecule has 2 rings (SSSR count). The van der Waals surface area contributed by atoms with Crippen LogP contribution in [-0.4, -0.2) is 0 Å². The van der Waals surface area contributed by atoms with Crippen molar-refractivity contribution in [3.05, 3.63) is 56.7 Å². The normalized spacial score (nSPS) is 13.5. The second-order valence-electron chi connectivity index (χ2n) is 4.14. The van der Waals surface area contributed by atoms with E-state index < -0.39 is 17.8 Å². The average Bonchev–Trinajstić information content (AvgIpc) is 2.74. The lowest BCUT2D eigenvalue weighted by Gasteiger charge is -2.13. The molecule has 1 atom stereocenters. The molecule has 0 aliphatic heterocycles. The van der Waals surface area contributed by atoms with Gasteiger partial charge < -0.3 is 5.73 Å². The number of halogens is 4. The van der Waals surface area contributed by atoms with E-state index in [9.17, 15) is 13.2 Å². The van der Waals surface area contributed by atoms with Crippen molar-refractivity contribution in [2.24, 2.45) is 5.73 Å². The first kappa shape index (κ1) is 14.4. The Labute approximate surface area is 117 Å². The summed E-state index contributed by atoms with van der Waals surface area (Å²) in [4.78, 5) is 0.954. The molecule has 0 aliphatic carbocycles. The fraction of sp³-hybridized carbons (Fsp3) is 0.231. The fourth-order valence-electron chi connectivity index (χ4n) is 1.74. The van der Waals surface area contributed by atoms with Gasteiger partial charge in [-0.3, -0.25) is 0 Å². The van der Waals surface area contributed by atoms with Gasteiger partial charge in [-0.1, -0.05) is 23.7 Å². The van der Waals surface area contributed by atoms with Crippen molar-refractivity contribution in [1.82, 2.24) is 0 Å². The van der Waals surface area contributed by atoms with E-state index in [2.05, 4.69) is 0 Å². The topological polar surface area (TPSA) is 26.0 Å². The predicted octanol–water partition coefficient (Wildman–Crippen LogP) is 4.66. The molecule has 0 saturated carbocycles. The Morgan fingerprint density at radius 1 is 1.21 bits per heavy atom. The van der Waals surface area contributed by atoms with Crippen molar-refractivity contribution >= 4 is 22.9 Å². The Morgan fingerprint density at radius 2 is 1.95 bits per heavy atom. The highest BCUT2D eigenvalue weighted by Gasteiger charge is 2.30. The summed E-state index contributed by atoms with van der Waals surface area (Å²) in [6.07, 6.45) is -3.87. The Kier molecular flexibility index (Phi) is 4.18. The number of benzene rings is 1. The summed E-state index contributed by atoms with van der Waals surface area (Å²) in [5, 5.41) is 0. The van der Waals surface area contributed by atoms with Crippen LogP contribution < -0.4 is 5.73 Å². The summed E-state index contributed by atoms with van der Waals surface area (Å²) < 4.78 is 38.5. The highest BCUT2D eigenvalue weighted by atomic mass is 35.5. The number of hydrogen-bond donors (Lipinski definition) is 1. The van der Waals surface area contributed by atoms with Crippen LogP contribution >= 0.6 is 22.9 Å². The standard InChI is InChI=1S/C13H11ClF3NS/c14-12-5-4-10(19-12)7-11(18)8-2-1-3-9(6-8)13(15,16)17/h1-6,11H,7,18H2. The van der Waals surface area contributed by atoms with E-state index in [-0.39, 0.29) is 0 Å². The van der Waals surface area contributed by atoms with Crippen molar-refractivity contribution in [1.29, 1.82) is 0 Å². The third kappa shape index (κ3) is 3.72. The molecule has 0 aliphatic rings. The minimum absolute atomic E-state index is 0.471. The van der Waals surface area contributed by atoms with Crippen LogP contribution in [0.15, 0.2) is 36.4 Å². The smallest absolute Gasteiger partial charge is 0.324 e. The first-order valence-corrected chi connectivity index (χ1v) is 6.72. The summed E-state index contributed by atoms with van der Waals surface area (Å²) in [6, 6.07) is 8.23. The second-order valence-corrected chi connectivity index (χ2v) is 5.94. The lowest BCUT2D eigenvalue weighted by Crippen LogP contribution is -2.14. The van der Waals surface area contributed by atoms with E-state index in [4.69, 9.17) is 17.3 Å². The summed E-state index contributed by atoms with van der Waals surface area (Å²) in [5.74, 6) is 0. The highest BCUT2D eigenvalue weighted by Crippen LogP contribution is 2.31. The molecule has 1 nitrogen and oxygen atoms in total. The molecule has 0 saturated heterocycles. The first-order chi connectivity index (χ1) is 8.86. The minimum Gasteiger partial charge on any atom is -0.324 e. The van der Waals surface area contributed by atoms with Crippen LogP contribution in [0.4, 0.5) is 13.2 Å². The van der Waals surface area contributed by atoms with E-state index in [0.29, 0.717) is 16.3 Å². The van der Waals surface area contributed by atoms with Crippen LogP contribution in [0.3, 0.4) is 0 Å². The fourth-order valence-corrected chi connectivity index (χ4v) is 2.89. The van der Waals surface area contributed by atoms with Gasteiger partial charge in [0.15, 0.2) is 0 Å². The molecular formula is C13H11ClF3NS. The van der Waals surface area contributed by atoms with Gasteiger partial charge in [-0.2, -0.15) is 13.2 Å². The molecule has 1 heterocycles. The van der Waals surface area contributed by atoms with Gasteiger partial charge in [-0.15, -0.1) is 11.3 Å². The third-order valence-electron chi connectivity index (χ3n) is 2.69. The molecule has 0 fully saturated rings. The molecule has 1 aromatic heterocycles. The molecule has 0 amide bonds. The van der Waals surface area contributed by atoms with Crippen LogP contribution in [0.2, 0.25) is 4.34 Å². The van der Waals surface area contributed by atoms with Crippen molar-refractivity contribution in [3.63, 3.8) is 0 Å². The maximum Gasteiger partial charge on any atom is 0.416 e. The molecule has 2 N–H and O–H groups in total. The van der Waals surface area contributed by atoms with Gasteiger partial charge in [0.05, 0.1) is 9.90 Å². The Balaban J connectivity index is 2.17. The number of hydrogen-bond acceptors (Lipinski definition) is 2. The van der Waals surface area contributed by atoms with Gasteiger partial charge in [0, 0.05) is 17.3 Å². The van der Waals surface area contributed by atoms with Gasteiger partial charge in [0.25, 0.3) is 0 Å². The van der Waals surface area contributed by atoms with Crippen molar-refractivity contribution < 1.29 is 13.2 Å².